The number of aliphatic hydroxyl groups is 2. The molecule has 3 rings (SSSR count). The van der Waals surface area contributed by atoms with E-state index >= 15 is 0 Å². The van der Waals surface area contributed by atoms with Crippen LogP contribution in [0.1, 0.15) is 17.2 Å². The third kappa shape index (κ3) is 8.25. The predicted octanol–water partition coefficient (Wildman–Crippen LogP) is 5.90. The fourth-order valence-corrected chi connectivity index (χ4v) is 3.54. The summed E-state index contributed by atoms with van der Waals surface area (Å²) in [7, 11) is 0. The SMILES string of the molecule is Cl.Cl.OC[C@H](Cc1ccc(Oc2c(Cl)cncc2Cl)cc1)NC[C@@H](O)c1cccc(Cl)c1. The molecular formula is C22H23Cl5N2O3. The van der Waals surface area contributed by atoms with E-state index < -0.39 is 6.10 Å². The molecule has 2 aromatic carbocycles. The van der Waals surface area contributed by atoms with Crippen LogP contribution in [0.5, 0.6) is 11.5 Å². The van der Waals surface area contributed by atoms with Crippen molar-refractivity contribution in [3.05, 3.63) is 87.1 Å². The van der Waals surface area contributed by atoms with E-state index in [1.165, 1.54) is 12.4 Å². The summed E-state index contributed by atoms with van der Waals surface area (Å²) in [5, 5.41) is 24.4. The molecule has 0 spiro atoms. The molecule has 0 saturated carbocycles. The number of hydrogen-bond donors (Lipinski definition) is 3. The summed E-state index contributed by atoms with van der Waals surface area (Å²) in [5.74, 6) is 0.935. The van der Waals surface area contributed by atoms with Gasteiger partial charge in [0.25, 0.3) is 0 Å². The molecular weight excluding hydrogens is 518 g/mol. The molecule has 32 heavy (non-hydrogen) atoms. The summed E-state index contributed by atoms with van der Waals surface area (Å²) in [6.07, 6.45) is 2.79. The molecule has 10 heteroatoms. The first-order valence-electron chi connectivity index (χ1n) is 9.30. The standard InChI is InChI=1S/C22H21Cl3N2O3.2ClH/c23-16-3-1-2-15(9-16)21(29)12-27-17(13-28)8-14-4-6-18(7-5-14)30-22-19(24)10-26-11-20(22)25;;/h1-7,9-11,17,21,27-29H,8,12-13H2;2*1H/t17-,21+;;/m0../s1. The summed E-state index contributed by atoms with van der Waals surface area (Å²) in [5.41, 5.74) is 1.72. The number of pyridine rings is 1. The molecule has 0 fully saturated rings. The molecule has 0 aliphatic heterocycles. The molecule has 0 amide bonds. The third-order valence-electron chi connectivity index (χ3n) is 4.49. The molecule has 3 aromatic rings. The molecule has 0 aliphatic carbocycles. The van der Waals surface area contributed by atoms with Crippen LogP contribution in [0.4, 0.5) is 0 Å². The second-order valence-corrected chi connectivity index (χ2v) is 7.99. The van der Waals surface area contributed by atoms with E-state index in [9.17, 15) is 10.2 Å². The number of aromatic nitrogens is 1. The van der Waals surface area contributed by atoms with E-state index in [0.29, 0.717) is 39.5 Å². The van der Waals surface area contributed by atoms with Gasteiger partial charge in [-0.3, -0.25) is 4.98 Å². The molecule has 0 radical (unpaired) electrons. The Morgan fingerprint density at radius 3 is 2.22 bits per heavy atom. The van der Waals surface area contributed by atoms with Crippen LogP contribution in [0.3, 0.4) is 0 Å². The average molecular weight is 541 g/mol. The number of halogens is 5. The Bertz CT molecular complexity index is 956. The highest BCUT2D eigenvalue weighted by atomic mass is 35.5. The average Bonchev–Trinajstić information content (AvgIpc) is 2.74. The molecule has 174 valence electrons. The lowest BCUT2D eigenvalue weighted by molar-refractivity contribution is 0.158. The summed E-state index contributed by atoms with van der Waals surface area (Å²) >= 11 is 18.1. The lowest BCUT2D eigenvalue weighted by atomic mass is 10.1. The monoisotopic (exact) mass is 538 g/mol. The normalized spacial score (nSPS) is 12.3. The van der Waals surface area contributed by atoms with Crippen molar-refractivity contribution < 1.29 is 14.9 Å². The fraction of sp³-hybridized carbons (Fsp3) is 0.227. The third-order valence-corrected chi connectivity index (χ3v) is 5.26. The lowest BCUT2D eigenvalue weighted by Gasteiger charge is -2.19. The van der Waals surface area contributed by atoms with Crippen molar-refractivity contribution in [1.82, 2.24) is 10.3 Å². The van der Waals surface area contributed by atoms with Crippen molar-refractivity contribution in [1.29, 1.82) is 0 Å². The molecule has 5 nitrogen and oxygen atoms in total. The van der Waals surface area contributed by atoms with Crippen molar-refractivity contribution in [2.75, 3.05) is 13.2 Å². The minimum absolute atomic E-state index is 0. The molecule has 0 bridgehead atoms. The van der Waals surface area contributed by atoms with Crippen LogP contribution in [-0.4, -0.2) is 34.4 Å². The van der Waals surface area contributed by atoms with E-state index in [1.807, 2.05) is 18.2 Å². The van der Waals surface area contributed by atoms with Gasteiger partial charge in [0.05, 0.1) is 12.7 Å². The van der Waals surface area contributed by atoms with E-state index in [-0.39, 0.29) is 37.5 Å². The predicted molar refractivity (Wildman–Crippen MR) is 134 cm³/mol. The first kappa shape index (κ1) is 28.8. The summed E-state index contributed by atoms with van der Waals surface area (Å²) in [6, 6.07) is 14.3. The highest BCUT2D eigenvalue weighted by Gasteiger charge is 2.14. The number of ether oxygens (including phenoxy) is 1. The van der Waals surface area contributed by atoms with Crippen LogP contribution in [0.25, 0.3) is 0 Å². The first-order valence-corrected chi connectivity index (χ1v) is 10.4. The molecule has 2 atom stereocenters. The van der Waals surface area contributed by atoms with E-state index in [0.717, 1.165) is 11.1 Å². The maximum atomic E-state index is 10.3. The molecule has 1 aromatic heterocycles. The van der Waals surface area contributed by atoms with Gasteiger partial charge in [-0.1, -0.05) is 59.1 Å². The van der Waals surface area contributed by atoms with Gasteiger partial charge < -0.3 is 20.3 Å². The van der Waals surface area contributed by atoms with Gasteiger partial charge in [0.15, 0.2) is 5.75 Å². The zero-order valence-corrected chi connectivity index (χ0v) is 20.7. The topological polar surface area (TPSA) is 74.6 Å². The zero-order chi connectivity index (χ0) is 21.5. The number of benzene rings is 2. The van der Waals surface area contributed by atoms with Crippen molar-refractivity contribution in [3.63, 3.8) is 0 Å². The maximum Gasteiger partial charge on any atom is 0.167 e. The van der Waals surface area contributed by atoms with Crippen LogP contribution < -0.4 is 10.1 Å². The van der Waals surface area contributed by atoms with Crippen molar-refractivity contribution >= 4 is 59.6 Å². The number of nitrogens with one attached hydrogen (secondary N) is 1. The summed E-state index contributed by atoms with van der Waals surface area (Å²) in [4.78, 5) is 3.90. The molecule has 0 aliphatic rings. The maximum absolute atomic E-state index is 10.3. The van der Waals surface area contributed by atoms with Gasteiger partial charge in [0.1, 0.15) is 15.8 Å². The van der Waals surface area contributed by atoms with Gasteiger partial charge in [-0.05, 0) is 41.8 Å². The van der Waals surface area contributed by atoms with Crippen molar-refractivity contribution in [2.24, 2.45) is 0 Å². The Balaban J connectivity index is 0.00000256. The summed E-state index contributed by atoms with van der Waals surface area (Å²) in [6.45, 7) is 0.231. The van der Waals surface area contributed by atoms with Gasteiger partial charge in [0.2, 0.25) is 0 Å². The summed E-state index contributed by atoms with van der Waals surface area (Å²) < 4.78 is 5.75. The second-order valence-electron chi connectivity index (χ2n) is 6.74. The quantitative estimate of drug-likeness (QED) is 0.315. The first-order chi connectivity index (χ1) is 14.5. The highest BCUT2D eigenvalue weighted by Crippen LogP contribution is 2.35. The van der Waals surface area contributed by atoms with Gasteiger partial charge in [-0.2, -0.15) is 0 Å². The van der Waals surface area contributed by atoms with Crippen LogP contribution in [0, 0.1) is 0 Å². The molecule has 0 unspecified atom stereocenters. The van der Waals surface area contributed by atoms with Crippen molar-refractivity contribution in [2.45, 2.75) is 18.6 Å². The van der Waals surface area contributed by atoms with Crippen LogP contribution >= 0.6 is 59.6 Å². The van der Waals surface area contributed by atoms with E-state index in [4.69, 9.17) is 39.5 Å². The van der Waals surface area contributed by atoms with Gasteiger partial charge in [0, 0.05) is 30.0 Å². The van der Waals surface area contributed by atoms with Gasteiger partial charge >= 0.3 is 0 Å². The Hall–Kier alpha value is -1.28. The fourth-order valence-electron chi connectivity index (χ4n) is 2.90. The largest absolute Gasteiger partial charge is 0.454 e. The minimum Gasteiger partial charge on any atom is -0.454 e. The molecule has 1 heterocycles. The molecule has 0 saturated heterocycles. The lowest BCUT2D eigenvalue weighted by Crippen LogP contribution is -2.37. The van der Waals surface area contributed by atoms with Crippen LogP contribution in [0.2, 0.25) is 15.1 Å². The highest BCUT2D eigenvalue weighted by molar-refractivity contribution is 6.36. The minimum atomic E-state index is -0.719. The zero-order valence-electron chi connectivity index (χ0n) is 16.7. The second kappa shape index (κ2) is 14.1. The number of rotatable bonds is 9. The van der Waals surface area contributed by atoms with E-state index in [1.54, 1.807) is 30.3 Å². The number of nitrogens with zero attached hydrogens (tertiary/aromatic N) is 1. The van der Waals surface area contributed by atoms with Crippen LogP contribution in [-0.2, 0) is 6.42 Å². The Kier molecular flexibility index (Phi) is 12.7. The van der Waals surface area contributed by atoms with E-state index in [2.05, 4.69) is 10.3 Å². The smallest absolute Gasteiger partial charge is 0.167 e. The van der Waals surface area contributed by atoms with Gasteiger partial charge in [-0.15, -0.1) is 24.8 Å². The van der Waals surface area contributed by atoms with Crippen molar-refractivity contribution in [3.8, 4) is 11.5 Å². The number of hydrogen-bond acceptors (Lipinski definition) is 5. The Morgan fingerprint density at radius 2 is 1.62 bits per heavy atom. The van der Waals surface area contributed by atoms with Crippen LogP contribution in [0.15, 0.2) is 60.9 Å². The number of aliphatic hydroxyl groups excluding tert-OH is 2. The molecule has 3 N–H and O–H groups in total. The Labute approximate surface area is 214 Å². The van der Waals surface area contributed by atoms with Gasteiger partial charge in [-0.25, -0.2) is 0 Å². The Morgan fingerprint density at radius 1 is 0.969 bits per heavy atom.